The van der Waals surface area contributed by atoms with Crippen LogP contribution in [0.5, 0.6) is 5.75 Å². The van der Waals surface area contributed by atoms with Crippen molar-refractivity contribution in [2.24, 2.45) is 0 Å². The molecule has 0 unspecified atom stereocenters. The van der Waals surface area contributed by atoms with E-state index in [0.29, 0.717) is 5.56 Å². The minimum atomic E-state index is -3.86. The molecule has 0 spiro atoms. The summed E-state index contributed by atoms with van der Waals surface area (Å²) in [6.07, 6.45) is 3.08. The fourth-order valence-electron chi connectivity index (χ4n) is 2.88. The second kappa shape index (κ2) is 8.51. The third-order valence-electron chi connectivity index (χ3n) is 4.49. The average Bonchev–Trinajstić information content (AvgIpc) is 2.70. The first-order valence-corrected chi connectivity index (χ1v) is 10.5. The van der Waals surface area contributed by atoms with Gasteiger partial charge < -0.3 is 5.11 Å². The predicted octanol–water partition coefficient (Wildman–Crippen LogP) is 4.85. The highest BCUT2D eigenvalue weighted by Crippen LogP contribution is 2.24. The molecule has 0 saturated heterocycles. The number of phenolic OH excluding ortho intramolecular Hbond substituents is 1. The van der Waals surface area contributed by atoms with Gasteiger partial charge in [0.1, 0.15) is 11.6 Å². The first kappa shape index (κ1) is 21.3. The van der Waals surface area contributed by atoms with Crippen LogP contribution in [0.1, 0.15) is 27.0 Å². The van der Waals surface area contributed by atoms with E-state index in [1.165, 1.54) is 42.5 Å². The lowest BCUT2D eigenvalue weighted by Gasteiger charge is -2.08. The summed E-state index contributed by atoms with van der Waals surface area (Å²) in [6.45, 7) is 3.57. The molecule has 154 valence electrons. The number of rotatable bonds is 6. The molecule has 0 heterocycles. The van der Waals surface area contributed by atoms with Crippen molar-refractivity contribution in [3.8, 4) is 5.75 Å². The number of phenols is 1. The fourth-order valence-corrected chi connectivity index (χ4v) is 3.94. The van der Waals surface area contributed by atoms with E-state index in [4.69, 9.17) is 0 Å². The topological polar surface area (TPSA) is 83.5 Å². The van der Waals surface area contributed by atoms with Gasteiger partial charge in [-0.25, -0.2) is 12.8 Å². The molecule has 3 aromatic rings. The van der Waals surface area contributed by atoms with E-state index < -0.39 is 15.8 Å². The number of ketones is 1. The second-order valence-corrected chi connectivity index (χ2v) is 8.52. The van der Waals surface area contributed by atoms with Gasteiger partial charge in [-0.1, -0.05) is 6.08 Å². The lowest BCUT2D eigenvalue weighted by molar-refractivity contribution is 0.104. The third-order valence-corrected chi connectivity index (χ3v) is 5.88. The van der Waals surface area contributed by atoms with E-state index in [1.54, 1.807) is 32.1 Å². The summed E-state index contributed by atoms with van der Waals surface area (Å²) in [5, 5.41) is 9.82. The Kier molecular flexibility index (Phi) is 6.03. The molecule has 0 fully saturated rings. The smallest absolute Gasteiger partial charge is 0.261 e. The summed E-state index contributed by atoms with van der Waals surface area (Å²) >= 11 is 0. The molecule has 2 N–H and O–H groups in total. The number of aromatic hydroxyl groups is 1. The van der Waals surface area contributed by atoms with E-state index in [0.717, 1.165) is 28.8 Å². The number of anilines is 1. The highest BCUT2D eigenvalue weighted by Gasteiger charge is 2.14. The summed E-state index contributed by atoms with van der Waals surface area (Å²) in [5.41, 5.74) is 2.91. The molecule has 0 aromatic heterocycles. The van der Waals surface area contributed by atoms with Gasteiger partial charge in [-0.3, -0.25) is 9.52 Å². The molecule has 0 atom stereocenters. The Hall–Kier alpha value is -3.45. The minimum absolute atomic E-state index is 0.0635. The SMILES string of the molecule is Cc1cc(/C=C/C(=O)c2ccc(NS(=O)(=O)c3ccc(F)cc3)cc2)cc(C)c1O. The van der Waals surface area contributed by atoms with Crippen molar-refractivity contribution < 1.29 is 22.7 Å². The number of nitrogens with one attached hydrogen (secondary N) is 1. The van der Waals surface area contributed by atoms with Crippen LogP contribution in [0.2, 0.25) is 0 Å². The molecule has 0 aliphatic heterocycles. The van der Waals surface area contributed by atoms with Crippen molar-refractivity contribution in [1.29, 1.82) is 0 Å². The molecule has 0 radical (unpaired) electrons. The number of sulfonamides is 1. The minimum Gasteiger partial charge on any atom is -0.507 e. The number of hydrogen-bond donors (Lipinski definition) is 2. The van der Waals surface area contributed by atoms with E-state index >= 15 is 0 Å². The Labute approximate surface area is 174 Å². The Balaban J connectivity index is 1.72. The van der Waals surface area contributed by atoms with Crippen LogP contribution in [0.3, 0.4) is 0 Å². The lowest BCUT2D eigenvalue weighted by atomic mass is 10.0. The largest absolute Gasteiger partial charge is 0.507 e. The van der Waals surface area contributed by atoms with Gasteiger partial charge in [0.15, 0.2) is 5.78 Å². The van der Waals surface area contributed by atoms with Crippen molar-refractivity contribution >= 4 is 27.6 Å². The maximum atomic E-state index is 13.0. The van der Waals surface area contributed by atoms with Crippen molar-refractivity contribution in [2.75, 3.05) is 4.72 Å². The quantitative estimate of drug-likeness (QED) is 0.437. The average molecular weight is 425 g/mol. The van der Waals surface area contributed by atoms with Gasteiger partial charge in [-0.2, -0.15) is 0 Å². The van der Waals surface area contributed by atoms with Gasteiger partial charge in [0.25, 0.3) is 10.0 Å². The third kappa shape index (κ3) is 4.93. The summed E-state index contributed by atoms with van der Waals surface area (Å²) in [4.78, 5) is 12.3. The van der Waals surface area contributed by atoms with Crippen LogP contribution in [0.4, 0.5) is 10.1 Å². The molecule has 7 heteroatoms. The van der Waals surface area contributed by atoms with Crippen molar-refractivity contribution in [2.45, 2.75) is 18.7 Å². The predicted molar refractivity (Wildman–Crippen MR) is 115 cm³/mol. The van der Waals surface area contributed by atoms with E-state index in [1.807, 2.05) is 0 Å². The summed E-state index contributed by atoms with van der Waals surface area (Å²) < 4.78 is 40.1. The Bertz CT molecular complexity index is 1190. The number of halogens is 1. The molecular formula is C23H20FNO4S. The normalized spacial score (nSPS) is 11.6. The van der Waals surface area contributed by atoms with Gasteiger partial charge >= 0.3 is 0 Å². The summed E-state index contributed by atoms with van der Waals surface area (Å²) in [7, 11) is -3.86. The Morgan fingerprint density at radius 3 is 2.10 bits per heavy atom. The first-order valence-electron chi connectivity index (χ1n) is 9.07. The summed E-state index contributed by atoms with van der Waals surface area (Å²) in [5.74, 6) is -0.536. The number of allylic oxidation sites excluding steroid dienone is 1. The van der Waals surface area contributed by atoms with E-state index in [2.05, 4.69) is 4.72 Å². The van der Waals surface area contributed by atoms with E-state index in [9.17, 15) is 22.7 Å². The summed E-state index contributed by atoms with van der Waals surface area (Å²) in [6, 6.07) is 14.0. The fraction of sp³-hybridized carbons (Fsp3) is 0.0870. The van der Waals surface area contributed by atoms with Crippen molar-refractivity contribution in [3.05, 3.63) is 94.8 Å². The highest BCUT2D eigenvalue weighted by atomic mass is 32.2. The van der Waals surface area contributed by atoms with Crippen molar-refractivity contribution in [1.82, 2.24) is 0 Å². The van der Waals surface area contributed by atoms with Crippen LogP contribution in [0.25, 0.3) is 6.08 Å². The van der Waals surface area contributed by atoms with Gasteiger partial charge in [0.2, 0.25) is 0 Å². The zero-order valence-electron chi connectivity index (χ0n) is 16.4. The molecular weight excluding hydrogens is 405 g/mol. The highest BCUT2D eigenvalue weighted by molar-refractivity contribution is 7.92. The molecule has 30 heavy (non-hydrogen) atoms. The van der Waals surface area contributed by atoms with Crippen LogP contribution in [-0.4, -0.2) is 19.3 Å². The number of aryl methyl sites for hydroxylation is 2. The molecule has 0 aliphatic rings. The molecule has 0 aliphatic carbocycles. The number of carbonyl (C=O) groups excluding carboxylic acids is 1. The molecule has 0 bridgehead atoms. The van der Waals surface area contributed by atoms with Crippen LogP contribution >= 0.6 is 0 Å². The monoisotopic (exact) mass is 425 g/mol. The maximum Gasteiger partial charge on any atom is 0.261 e. The Morgan fingerprint density at radius 1 is 0.967 bits per heavy atom. The lowest BCUT2D eigenvalue weighted by Crippen LogP contribution is -2.13. The van der Waals surface area contributed by atoms with Gasteiger partial charge in [0, 0.05) is 11.3 Å². The zero-order valence-corrected chi connectivity index (χ0v) is 17.2. The van der Waals surface area contributed by atoms with Crippen LogP contribution in [0.15, 0.2) is 71.6 Å². The number of benzene rings is 3. The first-order chi connectivity index (χ1) is 14.2. The molecule has 0 saturated carbocycles. The molecule has 5 nitrogen and oxygen atoms in total. The van der Waals surface area contributed by atoms with Gasteiger partial charge in [-0.05, 0) is 97.3 Å². The Morgan fingerprint density at radius 2 is 1.53 bits per heavy atom. The van der Waals surface area contributed by atoms with Gasteiger partial charge in [-0.15, -0.1) is 0 Å². The maximum absolute atomic E-state index is 13.0. The second-order valence-electron chi connectivity index (χ2n) is 6.84. The standard InChI is InChI=1S/C23H20FNO4S/c1-15-13-17(14-16(2)23(15)27)3-12-22(26)18-4-8-20(9-5-18)25-30(28,29)21-10-6-19(24)7-11-21/h3-14,25,27H,1-2H3/b12-3+. The molecule has 3 rings (SSSR count). The molecule has 3 aromatic carbocycles. The molecule has 0 amide bonds. The van der Waals surface area contributed by atoms with Crippen molar-refractivity contribution in [3.63, 3.8) is 0 Å². The van der Waals surface area contributed by atoms with Crippen LogP contribution < -0.4 is 4.72 Å². The van der Waals surface area contributed by atoms with Crippen LogP contribution in [0, 0.1) is 19.7 Å². The number of hydrogen-bond acceptors (Lipinski definition) is 4. The van der Waals surface area contributed by atoms with Gasteiger partial charge in [0.05, 0.1) is 4.90 Å². The van der Waals surface area contributed by atoms with E-state index in [-0.39, 0.29) is 22.1 Å². The zero-order chi connectivity index (χ0) is 21.9. The van der Waals surface area contributed by atoms with Crippen LogP contribution in [-0.2, 0) is 10.0 Å². The number of carbonyl (C=O) groups is 1.